The molecule has 1 aliphatic heterocycles. The number of thiophene rings is 1. The van der Waals surface area contributed by atoms with Gasteiger partial charge in [-0.2, -0.15) is 0 Å². The van der Waals surface area contributed by atoms with Crippen LogP contribution in [0.15, 0.2) is 34.7 Å². The molecule has 0 aliphatic carbocycles. The molecule has 140 valence electrons. The number of aryl methyl sites for hydroxylation is 1. The molecule has 0 saturated carbocycles. The Morgan fingerprint density at radius 1 is 1.35 bits per heavy atom. The summed E-state index contributed by atoms with van der Waals surface area (Å²) in [6.45, 7) is 3.77. The van der Waals surface area contributed by atoms with Crippen LogP contribution in [0.4, 0.5) is 4.39 Å². The molecule has 2 aromatic rings. The van der Waals surface area contributed by atoms with Crippen molar-refractivity contribution < 1.29 is 9.18 Å². The zero-order valence-corrected chi connectivity index (χ0v) is 16.8. The minimum atomic E-state index is -1.26. The number of aromatic nitrogens is 1. The number of halogens is 1. The normalized spacial score (nSPS) is 16.7. The van der Waals surface area contributed by atoms with Gasteiger partial charge >= 0.3 is 0 Å². The molecule has 7 heteroatoms. The lowest BCUT2D eigenvalue weighted by Crippen LogP contribution is -2.48. The Balaban J connectivity index is 1.47. The van der Waals surface area contributed by atoms with Gasteiger partial charge in [-0.25, -0.2) is 4.39 Å². The van der Waals surface area contributed by atoms with Crippen LogP contribution in [0.25, 0.3) is 0 Å². The fourth-order valence-corrected chi connectivity index (χ4v) is 4.52. The maximum atomic E-state index is 15.0. The summed E-state index contributed by atoms with van der Waals surface area (Å²) in [6.07, 6.45) is 4.55. The average Bonchev–Trinajstić information content (AvgIpc) is 3.13. The Bertz CT molecular complexity index is 739. The fourth-order valence-electron chi connectivity index (χ4n) is 3.01. The second-order valence-electron chi connectivity index (χ2n) is 6.70. The Morgan fingerprint density at radius 2 is 2.12 bits per heavy atom. The van der Waals surface area contributed by atoms with E-state index in [-0.39, 0.29) is 5.91 Å². The maximum absolute atomic E-state index is 15.0. The molecule has 1 N–H and O–H groups in total. The molecule has 3 rings (SSSR count). The summed E-state index contributed by atoms with van der Waals surface area (Å²) < 4.78 is 16.1. The van der Waals surface area contributed by atoms with E-state index in [1.807, 2.05) is 43.6 Å². The van der Waals surface area contributed by atoms with E-state index in [9.17, 15) is 4.79 Å². The highest BCUT2D eigenvalue weighted by Gasteiger charge is 2.36. The number of thioether (sulfide) groups is 1. The van der Waals surface area contributed by atoms with E-state index in [0.717, 1.165) is 20.3 Å². The van der Waals surface area contributed by atoms with Crippen molar-refractivity contribution in [1.29, 1.82) is 0 Å². The summed E-state index contributed by atoms with van der Waals surface area (Å²) in [5.41, 5.74) is 0.763. The lowest BCUT2D eigenvalue weighted by molar-refractivity contribution is 0.0438. The van der Waals surface area contributed by atoms with Gasteiger partial charge in [0.1, 0.15) is 5.67 Å². The summed E-state index contributed by atoms with van der Waals surface area (Å²) >= 11 is 3.14. The first-order valence-electron chi connectivity index (χ1n) is 8.73. The topological polar surface area (TPSA) is 45.2 Å². The van der Waals surface area contributed by atoms with E-state index < -0.39 is 5.67 Å². The van der Waals surface area contributed by atoms with E-state index in [1.165, 1.54) is 11.3 Å². The summed E-state index contributed by atoms with van der Waals surface area (Å²) in [7, 11) is 0. The van der Waals surface area contributed by atoms with Crippen molar-refractivity contribution in [2.45, 2.75) is 36.2 Å². The SMILES string of the molecule is CSc1ccc(C(=O)N2CCC(F)(CNCc3ccc(C)cn3)CC2)s1. The van der Waals surface area contributed by atoms with Crippen molar-refractivity contribution in [3.63, 3.8) is 0 Å². The van der Waals surface area contributed by atoms with E-state index in [4.69, 9.17) is 0 Å². The van der Waals surface area contributed by atoms with Crippen molar-refractivity contribution in [2.24, 2.45) is 0 Å². The van der Waals surface area contributed by atoms with Crippen molar-refractivity contribution in [3.05, 3.63) is 46.6 Å². The Hall–Kier alpha value is -1.44. The van der Waals surface area contributed by atoms with Crippen LogP contribution in [0, 0.1) is 6.92 Å². The van der Waals surface area contributed by atoms with Crippen molar-refractivity contribution in [1.82, 2.24) is 15.2 Å². The monoisotopic (exact) mass is 393 g/mol. The molecule has 0 bridgehead atoms. The predicted octanol–water partition coefficient (Wildman–Crippen LogP) is 3.91. The molecule has 1 fully saturated rings. The number of alkyl halides is 1. The Labute approximate surface area is 162 Å². The van der Waals surface area contributed by atoms with E-state index >= 15 is 4.39 Å². The molecule has 0 spiro atoms. The molecular weight excluding hydrogens is 369 g/mol. The van der Waals surface area contributed by atoms with Crippen molar-refractivity contribution in [2.75, 3.05) is 25.9 Å². The van der Waals surface area contributed by atoms with Gasteiger partial charge in [-0.15, -0.1) is 23.1 Å². The van der Waals surface area contributed by atoms with Crippen LogP contribution in [-0.4, -0.2) is 47.3 Å². The zero-order chi connectivity index (χ0) is 18.6. The van der Waals surface area contributed by atoms with Crippen molar-refractivity contribution >= 4 is 29.0 Å². The number of nitrogens with one attached hydrogen (secondary N) is 1. The highest BCUT2D eigenvalue weighted by atomic mass is 32.2. The molecule has 1 aliphatic rings. The van der Waals surface area contributed by atoms with Gasteiger partial charge in [0, 0.05) is 45.2 Å². The highest BCUT2D eigenvalue weighted by molar-refractivity contribution is 8.00. The number of nitrogens with zero attached hydrogens (tertiary/aromatic N) is 2. The second kappa shape index (κ2) is 8.50. The van der Waals surface area contributed by atoms with Gasteiger partial charge in [-0.3, -0.25) is 9.78 Å². The number of likely N-dealkylation sites (tertiary alicyclic amines) is 1. The summed E-state index contributed by atoms with van der Waals surface area (Å²) in [6, 6.07) is 7.80. The number of rotatable bonds is 6. The lowest BCUT2D eigenvalue weighted by atomic mass is 9.93. The van der Waals surface area contributed by atoms with Gasteiger partial charge in [-0.05, 0) is 36.9 Å². The third kappa shape index (κ3) is 4.84. The number of hydrogen-bond acceptors (Lipinski definition) is 5. The smallest absolute Gasteiger partial charge is 0.263 e. The van der Waals surface area contributed by atoms with E-state index in [1.54, 1.807) is 16.7 Å². The molecule has 1 amide bonds. The maximum Gasteiger partial charge on any atom is 0.263 e. The number of hydrogen-bond donors (Lipinski definition) is 1. The first-order valence-corrected chi connectivity index (χ1v) is 10.8. The summed E-state index contributed by atoms with van der Waals surface area (Å²) in [5.74, 6) is 0.0224. The molecule has 3 heterocycles. The van der Waals surface area contributed by atoms with Gasteiger partial charge in [0.25, 0.3) is 5.91 Å². The van der Waals surface area contributed by atoms with Crippen LogP contribution in [0.1, 0.15) is 33.8 Å². The third-order valence-electron chi connectivity index (χ3n) is 4.66. The van der Waals surface area contributed by atoms with Crippen LogP contribution in [0.5, 0.6) is 0 Å². The third-order valence-corrected chi connectivity index (χ3v) is 6.82. The van der Waals surface area contributed by atoms with Crippen LogP contribution in [0.3, 0.4) is 0 Å². The van der Waals surface area contributed by atoms with Crippen LogP contribution in [0.2, 0.25) is 0 Å². The number of carbonyl (C=O) groups excluding carboxylic acids is 1. The quantitative estimate of drug-likeness (QED) is 0.756. The first kappa shape index (κ1) is 19.3. The predicted molar refractivity (Wildman–Crippen MR) is 106 cm³/mol. The lowest BCUT2D eigenvalue weighted by Gasteiger charge is -2.36. The van der Waals surface area contributed by atoms with Crippen LogP contribution >= 0.6 is 23.1 Å². The van der Waals surface area contributed by atoms with E-state index in [0.29, 0.717) is 39.0 Å². The molecule has 0 aromatic carbocycles. The molecule has 4 nitrogen and oxygen atoms in total. The standard InChI is InChI=1S/C19H24FN3OS2/c1-14-3-4-15(22-11-14)12-21-13-19(20)7-9-23(10-8-19)18(24)16-5-6-17(25-2)26-16/h3-6,11,21H,7-10,12-13H2,1-2H3. The number of pyridine rings is 1. The number of piperidine rings is 1. The van der Waals surface area contributed by atoms with Gasteiger partial charge < -0.3 is 10.2 Å². The molecule has 0 unspecified atom stereocenters. The van der Waals surface area contributed by atoms with Gasteiger partial charge in [0.05, 0.1) is 14.8 Å². The molecule has 0 atom stereocenters. The molecule has 1 saturated heterocycles. The van der Waals surface area contributed by atoms with Gasteiger partial charge in [0.15, 0.2) is 0 Å². The van der Waals surface area contributed by atoms with Crippen molar-refractivity contribution in [3.8, 4) is 0 Å². The minimum absolute atomic E-state index is 0.0224. The largest absolute Gasteiger partial charge is 0.338 e. The molecular formula is C19H24FN3OS2. The highest BCUT2D eigenvalue weighted by Crippen LogP contribution is 2.30. The second-order valence-corrected chi connectivity index (χ2v) is 8.89. The summed E-state index contributed by atoms with van der Waals surface area (Å²) in [5, 5.41) is 3.18. The van der Waals surface area contributed by atoms with Gasteiger partial charge in [-0.1, -0.05) is 6.07 Å². The fraction of sp³-hybridized carbons (Fsp3) is 0.474. The number of amides is 1. The average molecular weight is 394 g/mol. The van der Waals surface area contributed by atoms with Gasteiger partial charge in [0.2, 0.25) is 0 Å². The zero-order valence-electron chi connectivity index (χ0n) is 15.1. The first-order chi connectivity index (χ1) is 12.5. The molecule has 0 radical (unpaired) electrons. The number of carbonyl (C=O) groups is 1. The van der Waals surface area contributed by atoms with E-state index in [2.05, 4.69) is 10.3 Å². The van der Waals surface area contributed by atoms with Crippen LogP contribution < -0.4 is 5.32 Å². The molecule has 2 aromatic heterocycles. The summed E-state index contributed by atoms with van der Waals surface area (Å²) in [4.78, 5) is 19.4. The minimum Gasteiger partial charge on any atom is -0.338 e. The van der Waals surface area contributed by atoms with Crippen LogP contribution in [-0.2, 0) is 6.54 Å². The molecule has 26 heavy (non-hydrogen) atoms. The Morgan fingerprint density at radius 3 is 2.73 bits per heavy atom. The Kier molecular flexibility index (Phi) is 6.32.